The summed E-state index contributed by atoms with van der Waals surface area (Å²) in [5.74, 6) is -0.457. The van der Waals surface area contributed by atoms with Crippen LogP contribution in [0.25, 0.3) is 0 Å². The summed E-state index contributed by atoms with van der Waals surface area (Å²) in [6.45, 7) is 7.82. The number of hydrogen-bond donors (Lipinski definition) is 3. The number of nitrogens with zero attached hydrogens (tertiary/aromatic N) is 2. The zero-order valence-corrected chi connectivity index (χ0v) is 19.8. The van der Waals surface area contributed by atoms with Gasteiger partial charge in [-0.1, -0.05) is 0 Å². The van der Waals surface area contributed by atoms with E-state index in [-0.39, 0.29) is 22.6 Å². The number of morpholine rings is 1. The van der Waals surface area contributed by atoms with Crippen molar-refractivity contribution in [3.05, 3.63) is 24.3 Å². The second kappa shape index (κ2) is 11.1. The average molecular weight is 483 g/mol. The van der Waals surface area contributed by atoms with E-state index in [1.165, 1.54) is 38.1 Å². The van der Waals surface area contributed by atoms with Gasteiger partial charge in [-0.2, -0.15) is 4.72 Å². The Hall–Kier alpha value is -2.54. The SMILES string of the molecule is CC(=O)Nc1ccc(S(=O)(=O)NC(C)C(=O)N2CC[NH+](CC(=O)N3CCOCC3)CC2)cc1. The molecule has 33 heavy (non-hydrogen) atoms. The van der Waals surface area contributed by atoms with Crippen LogP contribution < -0.4 is 14.9 Å². The summed E-state index contributed by atoms with van der Waals surface area (Å²) >= 11 is 0. The van der Waals surface area contributed by atoms with Crippen LogP contribution in [0.1, 0.15) is 13.8 Å². The number of carbonyl (C=O) groups is 3. The fraction of sp³-hybridized carbons (Fsp3) is 0.571. The van der Waals surface area contributed by atoms with Crippen LogP contribution in [0.5, 0.6) is 0 Å². The van der Waals surface area contributed by atoms with Gasteiger partial charge >= 0.3 is 0 Å². The molecule has 1 aromatic carbocycles. The Morgan fingerprint density at radius 3 is 2.21 bits per heavy atom. The minimum Gasteiger partial charge on any atom is -0.378 e. The van der Waals surface area contributed by atoms with Crippen LogP contribution >= 0.6 is 0 Å². The number of benzene rings is 1. The molecule has 3 N–H and O–H groups in total. The Labute approximate surface area is 194 Å². The van der Waals surface area contributed by atoms with Crippen molar-refractivity contribution in [1.82, 2.24) is 14.5 Å². The molecule has 1 atom stereocenters. The molecule has 2 saturated heterocycles. The largest absolute Gasteiger partial charge is 0.378 e. The molecule has 0 radical (unpaired) electrons. The van der Waals surface area contributed by atoms with E-state index in [0.29, 0.717) is 64.7 Å². The molecule has 0 bridgehead atoms. The minimum atomic E-state index is -3.90. The van der Waals surface area contributed by atoms with Crippen LogP contribution in [0.2, 0.25) is 0 Å². The topological polar surface area (TPSA) is 130 Å². The monoisotopic (exact) mass is 482 g/mol. The van der Waals surface area contributed by atoms with E-state index < -0.39 is 16.1 Å². The summed E-state index contributed by atoms with van der Waals surface area (Å²) in [6.07, 6.45) is 0. The zero-order chi connectivity index (χ0) is 24.0. The van der Waals surface area contributed by atoms with Crippen LogP contribution in [-0.4, -0.2) is 101 Å². The third-order valence-electron chi connectivity index (χ3n) is 5.73. The third-order valence-corrected chi connectivity index (χ3v) is 7.29. The Morgan fingerprint density at radius 2 is 1.64 bits per heavy atom. The summed E-state index contributed by atoms with van der Waals surface area (Å²) < 4.78 is 33.0. The first-order valence-electron chi connectivity index (χ1n) is 11.0. The van der Waals surface area contributed by atoms with Crippen LogP contribution in [0.4, 0.5) is 5.69 Å². The van der Waals surface area contributed by atoms with Crippen molar-refractivity contribution in [2.24, 2.45) is 0 Å². The van der Waals surface area contributed by atoms with Crippen LogP contribution in [-0.2, 0) is 29.1 Å². The molecular weight excluding hydrogens is 450 g/mol. The molecule has 3 rings (SSSR count). The van der Waals surface area contributed by atoms with Crippen molar-refractivity contribution < 1.29 is 32.4 Å². The fourth-order valence-corrected chi connectivity index (χ4v) is 5.10. The number of amides is 3. The normalized spacial score (nSPS) is 18.6. The van der Waals surface area contributed by atoms with Gasteiger partial charge in [-0.05, 0) is 31.2 Å². The molecule has 11 nitrogen and oxygen atoms in total. The summed E-state index contributed by atoms with van der Waals surface area (Å²) in [6, 6.07) is 4.80. The third kappa shape index (κ3) is 6.97. The standard InChI is InChI=1S/C21H31N5O6S/c1-16(23-33(30,31)19-5-3-18(4-6-19)22-17(2)27)21(29)26-9-7-24(8-10-26)15-20(28)25-11-13-32-14-12-25/h3-6,16,23H,7-15H2,1-2H3,(H,22,27)/p+1. The first-order chi connectivity index (χ1) is 15.7. The molecule has 0 spiro atoms. The molecule has 0 aromatic heterocycles. The highest BCUT2D eigenvalue weighted by atomic mass is 32.2. The predicted molar refractivity (Wildman–Crippen MR) is 120 cm³/mol. The number of quaternary nitrogens is 1. The van der Waals surface area contributed by atoms with E-state index in [2.05, 4.69) is 10.0 Å². The number of anilines is 1. The molecule has 2 heterocycles. The Morgan fingerprint density at radius 1 is 1.03 bits per heavy atom. The van der Waals surface area contributed by atoms with Gasteiger partial charge in [-0.3, -0.25) is 14.4 Å². The first-order valence-corrected chi connectivity index (χ1v) is 12.5. The van der Waals surface area contributed by atoms with Gasteiger partial charge in [0, 0.05) is 25.7 Å². The van der Waals surface area contributed by atoms with E-state index in [9.17, 15) is 22.8 Å². The number of sulfonamides is 1. The van der Waals surface area contributed by atoms with Crippen molar-refractivity contribution in [3.8, 4) is 0 Å². The molecule has 0 aliphatic carbocycles. The van der Waals surface area contributed by atoms with Crippen molar-refractivity contribution >= 4 is 33.4 Å². The van der Waals surface area contributed by atoms with Gasteiger partial charge in [0.05, 0.1) is 50.3 Å². The van der Waals surface area contributed by atoms with Crippen molar-refractivity contribution in [3.63, 3.8) is 0 Å². The van der Waals surface area contributed by atoms with Gasteiger partial charge < -0.3 is 24.8 Å². The molecule has 2 aliphatic heterocycles. The van der Waals surface area contributed by atoms with Crippen molar-refractivity contribution in [1.29, 1.82) is 0 Å². The van der Waals surface area contributed by atoms with Crippen LogP contribution in [0.3, 0.4) is 0 Å². The van der Waals surface area contributed by atoms with Crippen molar-refractivity contribution in [2.75, 3.05) is 64.3 Å². The second-order valence-corrected chi connectivity index (χ2v) is 10.0. The van der Waals surface area contributed by atoms with Gasteiger partial charge in [0.2, 0.25) is 21.8 Å². The summed E-state index contributed by atoms with van der Waals surface area (Å²) in [5, 5.41) is 2.57. The van der Waals surface area contributed by atoms with Gasteiger partial charge in [-0.25, -0.2) is 8.42 Å². The quantitative estimate of drug-likeness (QED) is 0.408. The lowest BCUT2D eigenvalue weighted by molar-refractivity contribution is -0.896. The van der Waals surface area contributed by atoms with Gasteiger partial charge in [0.1, 0.15) is 0 Å². The van der Waals surface area contributed by atoms with Crippen LogP contribution in [0, 0.1) is 0 Å². The highest BCUT2D eigenvalue weighted by Gasteiger charge is 2.31. The Balaban J connectivity index is 1.48. The van der Waals surface area contributed by atoms with Crippen LogP contribution in [0.15, 0.2) is 29.2 Å². The zero-order valence-electron chi connectivity index (χ0n) is 19.0. The highest BCUT2D eigenvalue weighted by molar-refractivity contribution is 7.89. The molecular formula is C21H32N5O6S+. The molecule has 0 saturated carbocycles. The van der Waals surface area contributed by atoms with E-state index in [1.807, 2.05) is 4.90 Å². The smallest absolute Gasteiger partial charge is 0.277 e. The number of carbonyl (C=O) groups excluding carboxylic acids is 3. The summed E-state index contributed by atoms with van der Waals surface area (Å²) in [4.78, 5) is 40.9. The lowest BCUT2D eigenvalue weighted by atomic mass is 10.2. The first kappa shape index (κ1) is 25.1. The molecule has 1 aromatic rings. The molecule has 182 valence electrons. The maximum Gasteiger partial charge on any atom is 0.277 e. The number of ether oxygens (including phenoxy) is 1. The van der Waals surface area contributed by atoms with E-state index >= 15 is 0 Å². The van der Waals surface area contributed by atoms with E-state index in [1.54, 1.807) is 4.90 Å². The van der Waals surface area contributed by atoms with E-state index in [4.69, 9.17) is 4.74 Å². The van der Waals surface area contributed by atoms with Crippen molar-refractivity contribution in [2.45, 2.75) is 24.8 Å². The summed E-state index contributed by atoms with van der Waals surface area (Å²) in [7, 11) is -3.90. The second-order valence-electron chi connectivity index (χ2n) is 8.29. The Kier molecular flexibility index (Phi) is 8.40. The molecule has 2 fully saturated rings. The predicted octanol–water partition coefficient (Wildman–Crippen LogP) is -2.10. The average Bonchev–Trinajstić information content (AvgIpc) is 2.79. The fourth-order valence-electron chi connectivity index (χ4n) is 3.90. The maximum atomic E-state index is 12.8. The summed E-state index contributed by atoms with van der Waals surface area (Å²) in [5.41, 5.74) is 0.484. The van der Waals surface area contributed by atoms with E-state index in [0.717, 1.165) is 4.90 Å². The number of rotatable bonds is 7. The molecule has 1 unspecified atom stereocenters. The molecule has 12 heteroatoms. The number of nitrogens with one attached hydrogen (secondary N) is 3. The number of hydrogen-bond acceptors (Lipinski definition) is 6. The lowest BCUT2D eigenvalue weighted by Gasteiger charge is -2.34. The minimum absolute atomic E-state index is 0.00661. The molecule has 2 aliphatic rings. The number of piperazine rings is 1. The maximum absolute atomic E-state index is 12.8. The van der Waals surface area contributed by atoms with Gasteiger partial charge in [-0.15, -0.1) is 0 Å². The van der Waals surface area contributed by atoms with Gasteiger partial charge in [0.25, 0.3) is 5.91 Å². The highest BCUT2D eigenvalue weighted by Crippen LogP contribution is 2.14. The Bertz CT molecular complexity index is 954. The van der Waals surface area contributed by atoms with Gasteiger partial charge in [0.15, 0.2) is 6.54 Å². The molecule has 3 amide bonds. The lowest BCUT2D eigenvalue weighted by Crippen LogP contribution is -3.16.